The van der Waals surface area contributed by atoms with Crippen molar-refractivity contribution in [1.29, 1.82) is 0 Å². The normalized spacial score (nSPS) is 17.5. The summed E-state index contributed by atoms with van der Waals surface area (Å²) in [5.74, 6) is 0. The number of benzene rings is 5. The lowest BCUT2D eigenvalue weighted by Crippen LogP contribution is -2.27. The third-order valence-electron chi connectivity index (χ3n) is 10.2. The van der Waals surface area contributed by atoms with Gasteiger partial charge in [-0.25, -0.2) is 0 Å². The molecule has 0 unspecified atom stereocenters. The van der Waals surface area contributed by atoms with E-state index in [9.17, 15) is 0 Å². The van der Waals surface area contributed by atoms with Crippen molar-refractivity contribution in [2.45, 2.75) is 37.5 Å². The quantitative estimate of drug-likeness (QED) is 0.242. The van der Waals surface area contributed by atoms with Crippen LogP contribution in [0.25, 0.3) is 27.8 Å². The fraction of sp³-hybridized carbons (Fsp3) is 0.150. The average molecular weight is 526 g/mol. The number of rotatable bonds is 2. The van der Waals surface area contributed by atoms with Gasteiger partial charge in [-0.3, -0.25) is 0 Å². The van der Waals surface area contributed by atoms with Gasteiger partial charge in [0.15, 0.2) is 0 Å². The van der Waals surface area contributed by atoms with Crippen LogP contribution in [0.2, 0.25) is 0 Å². The van der Waals surface area contributed by atoms with E-state index in [2.05, 4.69) is 141 Å². The number of fused-ring (bicyclic) bond motifs is 12. The Kier molecular flexibility index (Phi) is 4.50. The van der Waals surface area contributed by atoms with Crippen LogP contribution in [0, 0.1) is 0 Å². The highest BCUT2D eigenvalue weighted by molar-refractivity contribution is 5.97. The minimum atomic E-state index is -0.234. The molecule has 0 radical (unpaired) electrons. The number of hydrogen-bond donors (Lipinski definition) is 1. The minimum absolute atomic E-state index is 0.0157. The van der Waals surface area contributed by atoms with Gasteiger partial charge in [-0.05, 0) is 104 Å². The van der Waals surface area contributed by atoms with Crippen LogP contribution < -0.4 is 5.32 Å². The van der Waals surface area contributed by atoms with Crippen LogP contribution in [0.3, 0.4) is 0 Å². The predicted octanol–water partition coefficient (Wildman–Crippen LogP) is 10.2. The standard InChI is InChI=1S/C40H31N/c1-39(2)33-15-7-3-11-27(33)31-21-19-25(23-37(31)39)41-26-20-22-32-30-14-6-10-18-36(30)40(38(32)24-26)34-16-8-4-12-28(34)29-13-5-9-17-35(29)40/h3-9,11-17,19-24,41H,10,18H2,1-2H3. The van der Waals surface area contributed by atoms with Crippen molar-refractivity contribution >= 4 is 16.9 Å². The largest absolute Gasteiger partial charge is 0.356 e. The first-order valence-corrected chi connectivity index (χ1v) is 14.8. The first kappa shape index (κ1) is 23.1. The van der Waals surface area contributed by atoms with Gasteiger partial charge < -0.3 is 5.32 Å². The Balaban J connectivity index is 1.21. The van der Waals surface area contributed by atoms with E-state index in [0.29, 0.717) is 0 Å². The Morgan fingerprint density at radius 3 is 1.76 bits per heavy atom. The third-order valence-corrected chi connectivity index (χ3v) is 10.2. The summed E-state index contributed by atoms with van der Waals surface area (Å²) in [6.07, 6.45) is 6.91. The Morgan fingerprint density at radius 2 is 1.07 bits per heavy atom. The van der Waals surface area contributed by atoms with E-state index in [0.717, 1.165) is 24.2 Å². The molecule has 196 valence electrons. The zero-order valence-corrected chi connectivity index (χ0v) is 23.5. The summed E-state index contributed by atoms with van der Waals surface area (Å²) in [4.78, 5) is 0. The lowest BCUT2D eigenvalue weighted by Gasteiger charge is -2.33. The van der Waals surface area contributed by atoms with Gasteiger partial charge in [0.2, 0.25) is 0 Å². The molecular formula is C40H31N. The summed E-state index contributed by atoms with van der Waals surface area (Å²) in [6.45, 7) is 4.69. The monoisotopic (exact) mass is 525 g/mol. The maximum atomic E-state index is 3.83. The van der Waals surface area contributed by atoms with Gasteiger partial charge in [0.25, 0.3) is 0 Å². The second-order valence-corrected chi connectivity index (χ2v) is 12.5. The van der Waals surface area contributed by atoms with E-state index >= 15 is 0 Å². The molecule has 1 nitrogen and oxygen atoms in total. The Bertz CT molecular complexity index is 1950. The van der Waals surface area contributed by atoms with E-state index in [1.165, 1.54) is 61.2 Å². The highest BCUT2D eigenvalue weighted by atomic mass is 14.9. The van der Waals surface area contributed by atoms with Crippen molar-refractivity contribution in [2.24, 2.45) is 0 Å². The molecule has 9 rings (SSSR count). The number of allylic oxidation sites excluding steroid dienone is 4. The van der Waals surface area contributed by atoms with Crippen molar-refractivity contribution < 1.29 is 0 Å². The molecule has 0 bridgehead atoms. The van der Waals surface area contributed by atoms with Crippen molar-refractivity contribution in [1.82, 2.24) is 0 Å². The van der Waals surface area contributed by atoms with Gasteiger partial charge in [0.05, 0.1) is 5.41 Å². The highest BCUT2D eigenvalue weighted by Gasteiger charge is 2.52. The second-order valence-electron chi connectivity index (χ2n) is 12.5. The molecule has 41 heavy (non-hydrogen) atoms. The van der Waals surface area contributed by atoms with Gasteiger partial charge in [0.1, 0.15) is 0 Å². The molecule has 5 aromatic rings. The number of nitrogens with one attached hydrogen (secondary N) is 1. The minimum Gasteiger partial charge on any atom is -0.356 e. The van der Waals surface area contributed by atoms with Crippen LogP contribution >= 0.6 is 0 Å². The zero-order valence-electron chi connectivity index (χ0n) is 23.5. The second kappa shape index (κ2) is 7.98. The summed E-state index contributed by atoms with van der Waals surface area (Å²) < 4.78 is 0. The molecule has 1 heteroatoms. The number of hydrogen-bond acceptors (Lipinski definition) is 1. The van der Waals surface area contributed by atoms with E-state index < -0.39 is 0 Å². The van der Waals surface area contributed by atoms with E-state index in [-0.39, 0.29) is 10.8 Å². The summed E-state index contributed by atoms with van der Waals surface area (Å²) in [6, 6.07) is 41.0. The van der Waals surface area contributed by atoms with Gasteiger partial charge in [0, 0.05) is 16.8 Å². The summed E-state index contributed by atoms with van der Waals surface area (Å²) >= 11 is 0. The molecule has 4 aliphatic rings. The van der Waals surface area contributed by atoms with Gasteiger partial charge in [-0.1, -0.05) is 111 Å². The molecule has 0 saturated heterocycles. The Morgan fingerprint density at radius 1 is 0.537 bits per heavy atom. The van der Waals surface area contributed by atoms with Crippen LogP contribution in [0.4, 0.5) is 11.4 Å². The van der Waals surface area contributed by atoms with Crippen molar-refractivity contribution in [3.63, 3.8) is 0 Å². The van der Waals surface area contributed by atoms with Crippen molar-refractivity contribution in [3.05, 3.63) is 160 Å². The van der Waals surface area contributed by atoms with E-state index in [1.54, 1.807) is 5.57 Å². The molecule has 4 aliphatic carbocycles. The molecule has 0 aliphatic heterocycles. The summed E-state index contributed by atoms with van der Waals surface area (Å²) in [7, 11) is 0. The molecular weight excluding hydrogens is 494 g/mol. The summed E-state index contributed by atoms with van der Waals surface area (Å²) in [5, 5.41) is 3.83. The zero-order chi connectivity index (χ0) is 27.3. The molecule has 0 fully saturated rings. The maximum absolute atomic E-state index is 3.83. The van der Waals surface area contributed by atoms with Crippen LogP contribution in [0.5, 0.6) is 0 Å². The van der Waals surface area contributed by atoms with Crippen LogP contribution in [0.1, 0.15) is 60.1 Å². The first-order chi connectivity index (χ1) is 20.1. The van der Waals surface area contributed by atoms with E-state index in [4.69, 9.17) is 0 Å². The third kappa shape index (κ3) is 2.86. The molecule has 0 heterocycles. The fourth-order valence-electron chi connectivity index (χ4n) is 8.43. The molecule has 1 N–H and O–H groups in total. The predicted molar refractivity (Wildman–Crippen MR) is 171 cm³/mol. The molecule has 0 amide bonds. The Labute approximate surface area is 241 Å². The first-order valence-electron chi connectivity index (χ1n) is 14.8. The van der Waals surface area contributed by atoms with Crippen molar-refractivity contribution in [2.75, 3.05) is 5.32 Å². The highest BCUT2D eigenvalue weighted by Crippen LogP contribution is 2.63. The van der Waals surface area contributed by atoms with Crippen molar-refractivity contribution in [3.8, 4) is 22.3 Å². The smallest absolute Gasteiger partial charge is 0.0689 e. The molecule has 0 atom stereocenters. The van der Waals surface area contributed by atoms with E-state index in [1.807, 2.05) is 0 Å². The lowest BCUT2D eigenvalue weighted by atomic mass is 9.68. The van der Waals surface area contributed by atoms with Gasteiger partial charge in [-0.15, -0.1) is 0 Å². The fourth-order valence-corrected chi connectivity index (χ4v) is 8.43. The lowest BCUT2D eigenvalue weighted by molar-refractivity contribution is 0.660. The molecule has 0 aromatic heterocycles. The maximum Gasteiger partial charge on any atom is 0.0689 e. The van der Waals surface area contributed by atoms with Crippen LogP contribution in [-0.4, -0.2) is 0 Å². The van der Waals surface area contributed by atoms with Crippen LogP contribution in [0.15, 0.2) is 127 Å². The molecule has 5 aromatic carbocycles. The molecule has 1 spiro atoms. The van der Waals surface area contributed by atoms with Gasteiger partial charge >= 0.3 is 0 Å². The summed E-state index contributed by atoms with van der Waals surface area (Å²) in [5.41, 5.74) is 18.9. The SMILES string of the molecule is CC1(C)c2ccccc2-c2ccc(Nc3ccc4c(c3)C3(C5=C4C=CCC5)c4ccccc4-c4ccccc43)cc21. The van der Waals surface area contributed by atoms with Gasteiger partial charge in [-0.2, -0.15) is 0 Å². The Hall–Kier alpha value is -4.62. The number of anilines is 2. The topological polar surface area (TPSA) is 12.0 Å². The molecule has 0 saturated carbocycles. The average Bonchev–Trinajstić information content (AvgIpc) is 3.56. The van der Waals surface area contributed by atoms with Crippen LogP contribution in [-0.2, 0) is 10.8 Å².